The number of aromatic amines is 1. The molecule has 2 aromatic heterocycles. The van der Waals surface area contributed by atoms with Crippen LogP contribution in [0.5, 0.6) is 0 Å². The molecule has 0 aliphatic heterocycles. The first kappa shape index (κ1) is 18.2. The van der Waals surface area contributed by atoms with Crippen molar-refractivity contribution in [1.29, 1.82) is 0 Å². The molecule has 0 saturated carbocycles. The molecule has 0 aliphatic rings. The monoisotopic (exact) mass is 371 g/mol. The number of hydrogen-bond donors (Lipinski definition) is 3. The maximum atomic E-state index is 11.5. The summed E-state index contributed by atoms with van der Waals surface area (Å²) in [6.07, 6.45) is 1.81. The minimum atomic E-state index is -1.08. The Morgan fingerprint density at radius 3 is 2.85 bits per heavy atom. The van der Waals surface area contributed by atoms with E-state index in [1.54, 1.807) is 12.3 Å². The lowest BCUT2D eigenvalue weighted by atomic mass is 10.2. The molecule has 138 valence electrons. The van der Waals surface area contributed by atoms with E-state index in [1.807, 2.05) is 22.9 Å². The van der Waals surface area contributed by atoms with Gasteiger partial charge in [0, 0.05) is 31.8 Å². The van der Waals surface area contributed by atoms with Crippen molar-refractivity contribution in [2.45, 2.75) is 32.4 Å². The number of ether oxygens (including phenoxy) is 1. The van der Waals surface area contributed by atoms with Gasteiger partial charge in [-0.3, -0.25) is 4.79 Å². The van der Waals surface area contributed by atoms with Crippen LogP contribution in [0.15, 0.2) is 41.3 Å². The summed E-state index contributed by atoms with van der Waals surface area (Å²) in [7, 11) is -1.08. The lowest BCUT2D eigenvalue weighted by molar-refractivity contribution is 0.0817. The van der Waals surface area contributed by atoms with Gasteiger partial charge in [-0.15, -0.1) is 0 Å². The number of H-pyrrole nitrogens is 1. The Labute approximate surface area is 153 Å². The van der Waals surface area contributed by atoms with E-state index < -0.39 is 8.07 Å². The number of hydrogen-bond acceptors (Lipinski definition) is 5. The summed E-state index contributed by atoms with van der Waals surface area (Å²) in [4.78, 5) is 14.2. The number of aromatic nitrogens is 3. The molecule has 2 heterocycles. The molecule has 0 amide bonds. The van der Waals surface area contributed by atoms with Crippen LogP contribution in [-0.4, -0.2) is 29.4 Å². The fourth-order valence-electron chi connectivity index (χ4n) is 2.53. The van der Waals surface area contributed by atoms with E-state index in [-0.39, 0.29) is 5.56 Å². The molecule has 0 saturated heterocycles. The average Bonchev–Trinajstić information content (AvgIpc) is 2.96. The normalized spacial score (nSPS) is 11.8. The van der Waals surface area contributed by atoms with Crippen LogP contribution in [-0.2, 0) is 11.5 Å². The molecule has 3 aromatic rings. The Morgan fingerprint density at radius 1 is 1.27 bits per heavy atom. The summed E-state index contributed by atoms with van der Waals surface area (Å²) in [6, 6.07) is 9.98. The number of fused-ring (bicyclic) bond motifs is 1. The molecule has 0 atom stereocenters. The first-order chi connectivity index (χ1) is 12.3. The highest BCUT2D eigenvalue weighted by Crippen LogP contribution is 2.23. The van der Waals surface area contributed by atoms with Crippen LogP contribution in [0.25, 0.3) is 10.9 Å². The molecule has 8 heteroatoms. The zero-order chi connectivity index (χ0) is 18.7. The molecule has 0 unspecified atom stereocenters. The van der Waals surface area contributed by atoms with E-state index in [2.05, 4.69) is 35.0 Å². The van der Waals surface area contributed by atoms with Crippen molar-refractivity contribution < 1.29 is 4.74 Å². The highest BCUT2D eigenvalue weighted by Gasteiger charge is 2.12. The van der Waals surface area contributed by atoms with Crippen molar-refractivity contribution in [1.82, 2.24) is 14.8 Å². The number of nitrogens with zero attached hydrogens (tertiary/aromatic N) is 2. The fourth-order valence-corrected chi connectivity index (χ4v) is 3.29. The number of pyridine rings is 1. The first-order valence-corrected chi connectivity index (χ1v) is 12.3. The molecule has 0 fully saturated rings. The van der Waals surface area contributed by atoms with Gasteiger partial charge in [-0.2, -0.15) is 5.10 Å². The largest absolute Gasteiger partial charge is 0.396 e. The zero-order valence-corrected chi connectivity index (χ0v) is 16.4. The van der Waals surface area contributed by atoms with Crippen molar-refractivity contribution in [2.24, 2.45) is 0 Å². The molecule has 4 N–H and O–H groups in total. The second kappa shape index (κ2) is 7.34. The van der Waals surface area contributed by atoms with Gasteiger partial charge in [0.15, 0.2) is 0 Å². The van der Waals surface area contributed by atoms with Crippen LogP contribution in [0, 0.1) is 0 Å². The Bertz CT molecular complexity index is 958. The standard InChI is InChI=1S/C18H25N5O2Si/c1-26(2,3)9-8-25-12-23-16-6-4-14(10-13(16)11-20-23)21-18-15(19)5-7-17(24)22-18/h4-7,10-11H,8-9,12,19H2,1-3H3,(H2,21,22,24). The first-order valence-electron chi connectivity index (χ1n) is 8.61. The number of nitrogens with one attached hydrogen (secondary N) is 2. The van der Waals surface area contributed by atoms with Crippen molar-refractivity contribution >= 4 is 36.2 Å². The van der Waals surface area contributed by atoms with Gasteiger partial charge in [0.1, 0.15) is 12.5 Å². The Balaban J connectivity index is 1.70. The summed E-state index contributed by atoms with van der Waals surface area (Å²) in [5.74, 6) is 0.485. The fraction of sp³-hybridized carbons (Fsp3) is 0.333. The van der Waals surface area contributed by atoms with Crippen molar-refractivity contribution in [2.75, 3.05) is 17.7 Å². The maximum Gasteiger partial charge on any atom is 0.249 e. The number of benzene rings is 1. The van der Waals surface area contributed by atoms with Crippen LogP contribution in [0.1, 0.15) is 0 Å². The quantitative estimate of drug-likeness (QED) is 0.437. The second-order valence-electron chi connectivity index (χ2n) is 7.54. The Kier molecular flexibility index (Phi) is 5.15. The molecule has 1 aromatic carbocycles. The van der Waals surface area contributed by atoms with Crippen LogP contribution >= 0.6 is 0 Å². The molecular formula is C18H25N5O2Si. The molecule has 3 rings (SSSR count). The van der Waals surface area contributed by atoms with Gasteiger partial charge in [-0.1, -0.05) is 19.6 Å². The topological polar surface area (TPSA) is 98.0 Å². The van der Waals surface area contributed by atoms with E-state index in [9.17, 15) is 4.79 Å². The van der Waals surface area contributed by atoms with Crippen molar-refractivity contribution in [3.05, 3.63) is 46.9 Å². The average molecular weight is 372 g/mol. The SMILES string of the molecule is C[Si](C)(C)CCOCn1ncc2cc(Nc3[nH]c(=O)ccc3N)ccc21. The van der Waals surface area contributed by atoms with E-state index in [0.29, 0.717) is 18.2 Å². The predicted molar refractivity (Wildman–Crippen MR) is 109 cm³/mol. The van der Waals surface area contributed by atoms with Gasteiger partial charge in [0.2, 0.25) is 5.56 Å². The minimum absolute atomic E-state index is 0.203. The highest BCUT2D eigenvalue weighted by molar-refractivity contribution is 6.76. The van der Waals surface area contributed by atoms with Crippen LogP contribution in [0.2, 0.25) is 25.7 Å². The number of nitrogens with two attached hydrogens (primary N) is 1. The zero-order valence-electron chi connectivity index (χ0n) is 15.4. The summed E-state index contributed by atoms with van der Waals surface area (Å²) in [6.45, 7) is 8.21. The minimum Gasteiger partial charge on any atom is -0.396 e. The number of anilines is 3. The van der Waals surface area contributed by atoms with E-state index in [1.165, 1.54) is 6.07 Å². The smallest absolute Gasteiger partial charge is 0.249 e. The summed E-state index contributed by atoms with van der Waals surface area (Å²) >= 11 is 0. The summed E-state index contributed by atoms with van der Waals surface area (Å²) in [5.41, 5.74) is 7.99. The van der Waals surface area contributed by atoms with E-state index in [4.69, 9.17) is 10.5 Å². The van der Waals surface area contributed by atoms with E-state index in [0.717, 1.165) is 29.2 Å². The van der Waals surface area contributed by atoms with Gasteiger partial charge in [-0.25, -0.2) is 4.68 Å². The Hall–Kier alpha value is -2.58. The molecule has 7 nitrogen and oxygen atoms in total. The van der Waals surface area contributed by atoms with Crippen LogP contribution in [0.4, 0.5) is 17.2 Å². The van der Waals surface area contributed by atoms with Gasteiger partial charge >= 0.3 is 0 Å². The molecule has 0 aliphatic carbocycles. The molecule has 0 spiro atoms. The lowest BCUT2D eigenvalue weighted by Gasteiger charge is -2.15. The van der Waals surface area contributed by atoms with Gasteiger partial charge in [0.05, 0.1) is 17.4 Å². The summed E-state index contributed by atoms with van der Waals surface area (Å²) in [5, 5.41) is 8.53. The third-order valence-electron chi connectivity index (χ3n) is 4.07. The molecular weight excluding hydrogens is 346 g/mol. The van der Waals surface area contributed by atoms with Crippen molar-refractivity contribution in [3.63, 3.8) is 0 Å². The molecule has 0 bridgehead atoms. The number of rotatable bonds is 7. The third-order valence-corrected chi connectivity index (χ3v) is 5.78. The third kappa shape index (κ3) is 4.53. The molecule has 26 heavy (non-hydrogen) atoms. The Morgan fingerprint density at radius 2 is 2.08 bits per heavy atom. The predicted octanol–water partition coefficient (Wildman–Crippen LogP) is 3.36. The molecule has 0 radical (unpaired) electrons. The van der Waals surface area contributed by atoms with Crippen LogP contribution in [0.3, 0.4) is 0 Å². The van der Waals surface area contributed by atoms with Crippen molar-refractivity contribution in [3.8, 4) is 0 Å². The van der Waals surface area contributed by atoms with Crippen LogP contribution < -0.4 is 16.6 Å². The van der Waals surface area contributed by atoms with Gasteiger partial charge < -0.3 is 20.8 Å². The van der Waals surface area contributed by atoms with Gasteiger partial charge in [-0.05, 0) is 30.3 Å². The number of nitrogen functional groups attached to an aromatic ring is 1. The van der Waals surface area contributed by atoms with Gasteiger partial charge in [0.25, 0.3) is 0 Å². The maximum absolute atomic E-state index is 11.5. The summed E-state index contributed by atoms with van der Waals surface area (Å²) < 4.78 is 7.63. The highest BCUT2D eigenvalue weighted by atomic mass is 28.3. The second-order valence-corrected chi connectivity index (χ2v) is 13.2. The van der Waals surface area contributed by atoms with E-state index >= 15 is 0 Å². The lowest BCUT2D eigenvalue weighted by Crippen LogP contribution is -2.22.